The second-order valence-corrected chi connectivity index (χ2v) is 5.15. The minimum Gasteiger partial charge on any atom is -0.342 e. The lowest BCUT2D eigenvalue weighted by atomic mass is 10.2. The Labute approximate surface area is 130 Å². The van der Waals surface area contributed by atoms with E-state index in [-0.39, 0.29) is 0 Å². The Balaban J connectivity index is 1.75. The minimum atomic E-state index is 0.590. The third kappa shape index (κ3) is 3.23. The van der Waals surface area contributed by atoms with Crippen molar-refractivity contribution < 1.29 is 0 Å². The molecule has 0 aliphatic rings. The van der Waals surface area contributed by atoms with Crippen molar-refractivity contribution in [1.82, 2.24) is 9.97 Å². The lowest BCUT2D eigenvalue weighted by Crippen LogP contribution is -2.10. The van der Waals surface area contributed by atoms with Gasteiger partial charge in [0.2, 0.25) is 5.95 Å². The van der Waals surface area contributed by atoms with Crippen LogP contribution in [0.4, 0.5) is 23.0 Å². The molecule has 1 heterocycles. The van der Waals surface area contributed by atoms with E-state index >= 15 is 0 Å². The number of hydrogen-bond acceptors (Lipinski definition) is 4. The van der Waals surface area contributed by atoms with Crippen LogP contribution in [0.5, 0.6) is 0 Å². The van der Waals surface area contributed by atoms with Gasteiger partial charge in [0.1, 0.15) is 0 Å². The maximum absolute atomic E-state index is 4.37. The molecule has 0 saturated carbocycles. The number of nitrogens with zero attached hydrogens (tertiary/aromatic N) is 3. The van der Waals surface area contributed by atoms with Crippen LogP contribution < -0.4 is 10.2 Å². The van der Waals surface area contributed by atoms with Crippen molar-refractivity contribution in [3.05, 3.63) is 72.6 Å². The summed E-state index contributed by atoms with van der Waals surface area (Å²) in [7, 11) is 2.01. The van der Waals surface area contributed by atoms with Gasteiger partial charge in [0.05, 0.1) is 18.1 Å². The summed E-state index contributed by atoms with van der Waals surface area (Å²) in [4.78, 5) is 10.8. The maximum atomic E-state index is 4.37. The molecule has 0 radical (unpaired) electrons. The van der Waals surface area contributed by atoms with E-state index in [9.17, 15) is 0 Å². The number of nitrogens with one attached hydrogen (secondary N) is 1. The van der Waals surface area contributed by atoms with Gasteiger partial charge in [-0.3, -0.25) is 0 Å². The predicted octanol–water partition coefficient (Wildman–Crippen LogP) is 4.30. The summed E-state index contributed by atoms with van der Waals surface area (Å²) in [5.41, 5.74) is 4.28. The first-order chi connectivity index (χ1) is 10.7. The summed E-state index contributed by atoms with van der Waals surface area (Å²) in [5.74, 6) is 0.590. The van der Waals surface area contributed by atoms with Crippen molar-refractivity contribution in [3.63, 3.8) is 0 Å². The predicted molar refractivity (Wildman–Crippen MR) is 91.0 cm³/mol. The molecule has 0 amide bonds. The summed E-state index contributed by atoms with van der Waals surface area (Å²) in [6.07, 6.45) is 3.64. The van der Waals surface area contributed by atoms with Crippen molar-refractivity contribution in [2.45, 2.75) is 6.92 Å². The third-order valence-corrected chi connectivity index (χ3v) is 3.48. The number of benzene rings is 2. The van der Waals surface area contributed by atoms with Crippen molar-refractivity contribution in [1.29, 1.82) is 0 Å². The number of aromatic nitrogens is 2. The fraction of sp³-hybridized carbons (Fsp3) is 0.111. The van der Waals surface area contributed by atoms with E-state index < -0.39 is 0 Å². The van der Waals surface area contributed by atoms with E-state index in [1.165, 1.54) is 5.56 Å². The standard InChI is InChI=1S/C18H18N4/c1-14-8-10-16(11-9-14)22(2)17-12-19-18(20-13-17)21-15-6-4-3-5-7-15/h3-13H,1-2H3,(H,19,20,21). The van der Waals surface area contributed by atoms with Gasteiger partial charge in [-0.25, -0.2) is 9.97 Å². The van der Waals surface area contributed by atoms with Crippen molar-refractivity contribution in [2.24, 2.45) is 0 Å². The average Bonchev–Trinajstić information content (AvgIpc) is 2.57. The normalized spacial score (nSPS) is 10.3. The molecule has 0 atom stereocenters. The van der Waals surface area contributed by atoms with Crippen LogP contribution in [0, 0.1) is 6.92 Å². The summed E-state index contributed by atoms with van der Waals surface area (Å²) in [6, 6.07) is 18.3. The van der Waals surface area contributed by atoms with Gasteiger partial charge < -0.3 is 10.2 Å². The van der Waals surface area contributed by atoms with Crippen LogP contribution >= 0.6 is 0 Å². The molecule has 3 aromatic rings. The summed E-state index contributed by atoms with van der Waals surface area (Å²) >= 11 is 0. The number of rotatable bonds is 4. The van der Waals surface area contributed by atoms with Gasteiger partial charge in [-0.1, -0.05) is 35.9 Å². The van der Waals surface area contributed by atoms with Gasteiger partial charge in [0.25, 0.3) is 0 Å². The van der Waals surface area contributed by atoms with E-state index in [0.717, 1.165) is 17.1 Å². The zero-order valence-electron chi connectivity index (χ0n) is 12.7. The second kappa shape index (κ2) is 6.26. The Morgan fingerprint density at radius 2 is 1.45 bits per heavy atom. The molecule has 1 aromatic heterocycles. The third-order valence-electron chi connectivity index (χ3n) is 3.48. The highest BCUT2D eigenvalue weighted by atomic mass is 15.2. The highest BCUT2D eigenvalue weighted by molar-refractivity contribution is 5.62. The SMILES string of the molecule is Cc1ccc(N(C)c2cnc(Nc3ccccc3)nc2)cc1. The Morgan fingerprint density at radius 3 is 2.09 bits per heavy atom. The highest BCUT2D eigenvalue weighted by Crippen LogP contribution is 2.23. The Morgan fingerprint density at radius 1 is 0.818 bits per heavy atom. The molecule has 3 rings (SSSR count). The van der Waals surface area contributed by atoms with E-state index in [0.29, 0.717) is 5.95 Å². The molecule has 1 N–H and O–H groups in total. The second-order valence-electron chi connectivity index (χ2n) is 5.15. The molecule has 4 heteroatoms. The monoisotopic (exact) mass is 290 g/mol. The van der Waals surface area contributed by atoms with Gasteiger partial charge in [-0.15, -0.1) is 0 Å². The summed E-state index contributed by atoms with van der Waals surface area (Å²) < 4.78 is 0. The first-order valence-electron chi connectivity index (χ1n) is 7.17. The Bertz CT molecular complexity index is 721. The number of aryl methyl sites for hydroxylation is 1. The maximum Gasteiger partial charge on any atom is 0.227 e. The molecule has 0 aliphatic carbocycles. The first-order valence-corrected chi connectivity index (χ1v) is 7.17. The lowest BCUT2D eigenvalue weighted by Gasteiger charge is -2.19. The van der Waals surface area contributed by atoms with Crippen molar-refractivity contribution >= 4 is 23.0 Å². The molecule has 2 aromatic carbocycles. The first kappa shape index (κ1) is 14.1. The van der Waals surface area contributed by atoms with Crippen molar-refractivity contribution in [3.8, 4) is 0 Å². The average molecular weight is 290 g/mol. The fourth-order valence-electron chi connectivity index (χ4n) is 2.13. The molecule has 4 nitrogen and oxygen atoms in total. The molecule has 110 valence electrons. The summed E-state index contributed by atoms with van der Waals surface area (Å²) in [6.45, 7) is 2.08. The van der Waals surface area contributed by atoms with E-state index in [1.54, 1.807) is 0 Å². The quantitative estimate of drug-likeness (QED) is 0.778. The van der Waals surface area contributed by atoms with Gasteiger partial charge >= 0.3 is 0 Å². The molecule has 0 spiro atoms. The molecule has 0 bridgehead atoms. The summed E-state index contributed by atoms with van der Waals surface area (Å²) in [5, 5.41) is 3.18. The Kier molecular flexibility index (Phi) is 4.01. The smallest absolute Gasteiger partial charge is 0.227 e. The molecule has 0 fully saturated rings. The van der Waals surface area contributed by atoms with E-state index in [2.05, 4.69) is 51.4 Å². The topological polar surface area (TPSA) is 41.1 Å². The van der Waals surface area contributed by atoms with Crippen LogP contribution in [0.2, 0.25) is 0 Å². The largest absolute Gasteiger partial charge is 0.342 e. The molecule has 0 aliphatic heterocycles. The van der Waals surface area contributed by atoms with Crippen LogP contribution in [-0.4, -0.2) is 17.0 Å². The van der Waals surface area contributed by atoms with E-state index in [4.69, 9.17) is 0 Å². The van der Waals surface area contributed by atoms with Crippen LogP contribution in [0.15, 0.2) is 67.0 Å². The molecular formula is C18H18N4. The number of anilines is 4. The van der Waals surface area contributed by atoms with Gasteiger partial charge in [0.15, 0.2) is 0 Å². The molecule has 0 unspecified atom stereocenters. The van der Waals surface area contributed by atoms with E-state index in [1.807, 2.05) is 49.8 Å². The number of para-hydroxylation sites is 1. The number of hydrogen-bond donors (Lipinski definition) is 1. The molecular weight excluding hydrogens is 272 g/mol. The van der Waals surface area contributed by atoms with Crippen LogP contribution in [0.25, 0.3) is 0 Å². The minimum absolute atomic E-state index is 0.590. The lowest BCUT2D eigenvalue weighted by molar-refractivity contribution is 1.11. The molecule has 0 saturated heterocycles. The van der Waals surface area contributed by atoms with Gasteiger partial charge in [-0.05, 0) is 31.2 Å². The van der Waals surface area contributed by atoms with Gasteiger partial charge in [-0.2, -0.15) is 0 Å². The molecule has 22 heavy (non-hydrogen) atoms. The zero-order chi connectivity index (χ0) is 15.4. The van der Waals surface area contributed by atoms with Crippen LogP contribution in [-0.2, 0) is 0 Å². The highest BCUT2D eigenvalue weighted by Gasteiger charge is 2.05. The van der Waals surface area contributed by atoms with Gasteiger partial charge in [0, 0.05) is 18.4 Å². The fourth-order valence-corrected chi connectivity index (χ4v) is 2.13. The van der Waals surface area contributed by atoms with Crippen LogP contribution in [0.1, 0.15) is 5.56 Å². The zero-order valence-corrected chi connectivity index (χ0v) is 12.7. The Hall–Kier alpha value is -2.88. The van der Waals surface area contributed by atoms with Crippen LogP contribution in [0.3, 0.4) is 0 Å². The van der Waals surface area contributed by atoms with Crippen molar-refractivity contribution in [2.75, 3.05) is 17.3 Å².